The zero-order chi connectivity index (χ0) is 10.2. The minimum atomic E-state index is -4.49. The highest BCUT2D eigenvalue weighted by Crippen LogP contribution is 2.33. The van der Waals surface area contributed by atoms with Crippen LogP contribution in [-0.4, -0.2) is 28.5 Å². The van der Waals surface area contributed by atoms with Gasteiger partial charge in [-0.15, -0.1) is 0 Å². The quantitative estimate of drug-likeness (QED) is 0.712. The van der Waals surface area contributed by atoms with Gasteiger partial charge in [0.25, 0.3) is 5.67 Å². The Hall–Kier alpha value is -1.07. The van der Waals surface area contributed by atoms with E-state index in [1.54, 1.807) is 0 Å². The molecule has 0 heterocycles. The average Bonchev–Trinajstić information content (AvgIpc) is 1.86. The first-order valence-electron chi connectivity index (χ1n) is 2.95. The fourth-order valence-corrected chi connectivity index (χ4v) is 0.465. The highest BCUT2D eigenvalue weighted by atomic mass is 19.3. The summed E-state index contributed by atoms with van der Waals surface area (Å²) in [6.07, 6.45) is 0. The van der Waals surface area contributed by atoms with E-state index in [4.69, 9.17) is 5.11 Å². The molecule has 3 nitrogen and oxygen atoms in total. The van der Waals surface area contributed by atoms with Gasteiger partial charge in [-0.2, -0.15) is 8.78 Å². The molecule has 1 atom stereocenters. The van der Waals surface area contributed by atoms with Gasteiger partial charge in [-0.3, -0.25) is 4.79 Å². The van der Waals surface area contributed by atoms with Gasteiger partial charge in [-0.05, 0) is 6.92 Å². The molecule has 0 aliphatic heterocycles. The lowest BCUT2D eigenvalue weighted by molar-refractivity contribution is -0.186. The maximum Gasteiger partial charge on any atom is 0.348 e. The Morgan fingerprint density at radius 1 is 1.25 bits per heavy atom. The third kappa shape index (κ3) is 1.41. The van der Waals surface area contributed by atoms with Crippen molar-refractivity contribution >= 4 is 11.8 Å². The van der Waals surface area contributed by atoms with E-state index in [-0.39, 0.29) is 6.92 Å². The first kappa shape index (κ1) is 10.9. The minimum absolute atomic E-state index is 0.150. The zero-order valence-corrected chi connectivity index (χ0v) is 6.40. The molecule has 70 valence electrons. The summed E-state index contributed by atoms with van der Waals surface area (Å²) < 4.78 is 37.6. The first-order chi connectivity index (χ1) is 5.14. The first-order valence-corrected chi connectivity index (χ1v) is 2.95. The molecule has 0 radical (unpaired) electrons. The standard InChI is InChI=1S/C6H7F3O3/c1-3(10)6(8,9)5(2,7)4(11)12/h1-2H3,(H,11,12). The second kappa shape index (κ2) is 2.76. The summed E-state index contributed by atoms with van der Waals surface area (Å²) in [7, 11) is 0. The van der Waals surface area contributed by atoms with Crippen molar-refractivity contribution in [1.82, 2.24) is 0 Å². The molecule has 1 N–H and O–H groups in total. The van der Waals surface area contributed by atoms with Crippen LogP contribution in [0.2, 0.25) is 0 Å². The molecule has 0 amide bonds. The summed E-state index contributed by atoms with van der Waals surface area (Å²) in [6, 6.07) is 0. The van der Waals surface area contributed by atoms with E-state index in [2.05, 4.69) is 0 Å². The summed E-state index contributed by atoms with van der Waals surface area (Å²) in [4.78, 5) is 20.1. The third-order valence-corrected chi connectivity index (χ3v) is 1.43. The molecule has 0 aromatic carbocycles. The Labute approximate surface area is 66.2 Å². The number of ketones is 1. The molecule has 0 aliphatic carbocycles. The van der Waals surface area contributed by atoms with E-state index in [1.165, 1.54) is 0 Å². The number of rotatable bonds is 3. The SMILES string of the molecule is CC(=O)C(F)(F)C(C)(F)C(=O)O. The average molecular weight is 184 g/mol. The number of aliphatic carboxylic acids is 1. The van der Waals surface area contributed by atoms with Gasteiger partial charge in [0.2, 0.25) is 5.78 Å². The number of hydrogen-bond donors (Lipinski definition) is 1. The Kier molecular flexibility index (Phi) is 2.52. The predicted molar refractivity (Wildman–Crippen MR) is 32.8 cm³/mol. The van der Waals surface area contributed by atoms with Gasteiger partial charge in [0.15, 0.2) is 0 Å². The molecule has 0 bridgehead atoms. The van der Waals surface area contributed by atoms with Crippen molar-refractivity contribution in [3.63, 3.8) is 0 Å². The number of carbonyl (C=O) groups excluding carboxylic acids is 1. The topological polar surface area (TPSA) is 54.4 Å². The lowest BCUT2D eigenvalue weighted by Gasteiger charge is -2.23. The van der Waals surface area contributed by atoms with Gasteiger partial charge in [0, 0.05) is 6.92 Å². The molecule has 6 heteroatoms. The molecule has 12 heavy (non-hydrogen) atoms. The number of alkyl halides is 3. The van der Waals surface area contributed by atoms with Gasteiger partial charge in [0.05, 0.1) is 0 Å². The van der Waals surface area contributed by atoms with Gasteiger partial charge < -0.3 is 5.11 Å². The van der Waals surface area contributed by atoms with Crippen LogP contribution < -0.4 is 0 Å². The van der Waals surface area contributed by atoms with Gasteiger partial charge in [-0.25, -0.2) is 9.18 Å². The van der Waals surface area contributed by atoms with E-state index in [1.807, 2.05) is 0 Å². The zero-order valence-electron chi connectivity index (χ0n) is 6.40. The van der Waals surface area contributed by atoms with Crippen molar-refractivity contribution < 1.29 is 27.9 Å². The highest BCUT2D eigenvalue weighted by Gasteiger charge is 2.60. The van der Waals surface area contributed by atoms with Gasteiger partial charge in [0.1, 0.15) is 0 Å². The third-order valence-electron chi connectivity index (χ3n) is 1.43. The molecule has 0 aromatic heterocycles. The maximum atomic E-state index is 12.7. The normalized spacial score (nSPS) is 16.8. The van der Waals surface area contributed by atoms with Crippen LogP contribution in [0.15, 0.2) is 0 Å². The predicted octanol–water partition coefficient (Wildman–Crippen LogP) is 1.02. The molecule has 0 saturated carbocycles. The largest absolute Gasteiger partial charge is 0.479 e. The summed E-state index contributed by atoms with van der Waals surface area (Å²) in [5.74, 6) is -8.66. The van der Waals surface area contributed by atoms with Crippen LogP contribution in [0.25, 0.3) is 0 Å². The van der Waals surface area contributed by atoms with Crippen molar-refractivity contribution in [2.45, 2.75) is 25.4 Å². The van der Waals surface area contributed by atoms with E-state index in [9.17, 15) is 22.8 Å². The summed E-state index contributed by atoms with van der Waals surface area (Å²) in [5.41, 5.74) is -3.85. The van der Waals surface area contributed by atoms with Crippen LogP contribution in [0.4, 0.5) is 13.2 Å². The number of hydrogen-bond acceptors (Lipinski definition) is 2. The van der Waals surface area contributed by atoms with Crippen molar-refractivity contribution in [3.8, 4) is 0 Å². The second-order valence-electron chi connectivity index (χ2n) is 2.44. The summed E-state index contributed by atoms with van der Waals surface area (Å²) in [5, 5.41) is 8.02. The highest BCUT2D eigenvalue weighted by molar-refractivity contribution is 5.92. The van der Waals surface area contributed by atoms with E-state index in [0.29, 0.717) is 6.92 Å². The van der Waals surface area contributed by atoms with Crippen LogP contribution in [0.3, 0.4) is 0 Å². The number of carboxylic acids is 1. The van der Waals surface area contributed by atoms with Crippen molar-refractivity contribution in [2.75, 3.05) is 0 Å². The Morgan fingerprint density at radius 2 is 1.58 bits per heavy atom. The van der Waals surface area contributed by atoms with Gasteiger partial charge >= 0.3 is 11.9 Å². The van der Waals surface area contributed by atoms with Crippen LogP contribution in [-0.2, 0) is 9.59 Å². The van der Waals surface area contributed by atoms with Crippen LogP contribution >= 0.6 is 0 Å². The lowest BCUT2D eigenvalue weighted by atomic mass is 9.97. The molecular formula is C6H7F3O3. The second-order valence-corrected chi connectivity index (χ2v) is 2.44. The monoisotopic (exact) mass is 184 g/mol. The minimum Gasteiger partial charge on any atom is -0.479 e. The molecule has 0 spiro atoms. The van der Waals surface area contributed by atoms with Crippen molar-refractivity contribution in [1.29, 1.82) is 0 Å². The molecule has 0 aromatic rings. The van der Waals surface area contributed by atoms with Crippen LogP contribution in [0, 0.1) is 0 Å². The smallest absolute Gasteiger partial charge is 0.348 e. The lowest BCUT2D eigenvalue weighted by Crippen LogP contribution is -2.52. The molecular weight excluding hydrogens is 177 g/mol. The number of halogens is 3. The van der Waals surface area contributed by atoms with E-state index < -0.39 is 23.3 Å². The Bertz CT molecular complexity index is 198. The van der Waals surface area contributed by atoms with E-state index in [0.717, 1.165) is 0 Å². The fourth-order valence-electron chi connectivity index (χ4n) is 0.465. The number of carboxylic acid groups (broad SMARTS) is 1. The number of carbonyl (C=O) groups is 2. The van der Waals surface area contributed by atoms with E-state index >= 15 is 0 Å². The summed E-state index contributed by atoms with van der Waals surface area (Å²) in [6.45, 7) is 0.581. The molecule has 0 fully saturated rings. The summed E-state index contributed by atoms with van der Waals surface area (Å²) >= 11 is 0. The Morgan fingerprint density at radius 3 is 1.67 bits per heavy atom. The molecule has 1 unspecified atom stereocenters. The van der Waals surface area contributed by atoms with Crippen molar-refractivity contribution in [2.24, 2.45) is 0 Å². The molecule has 0 rings (SSSR count). The molecule has 0 saturated heterocycles. The number of Topliss-reactive ketones (excluding diaryl/α,β-unsaturated/α-hetero) is 1. The Balaban J connectivity index is 5.01. The van der Waals surface area contributed by atoms with Crippen LogP contribution in [0.1, 0.15) is 13.8 Å². The molecule has 0 aliphatic rings. The van der Waals surface area contributed by atoms with Gasteiger partial charge in [-0.1, -0.05) is 0 Å². The van der Waals surface area contributed by atoms with Crippen LogP contribution in [0.5, 0.6) is 0 Å². The van der Waals surface area contributed by atoms with Crippen molar-refractivity contribution in [3.05, 3.63) is 0 Å². The maximum absolute atomic E-state index is 12.7. The fraction of sp³-hybridized carbons (Fsp3) is 0.667.